The number of likely N-dealkylation sites (N-methyl/N-ethyl adjacent to an activating group) is 1. The van der Waals surface area contributed by atoms with Gasteiger partial charge in [-0.25, -0.2) is 0 Å². The van der Waals surface area contributed by atoms with Crippen molar-refractivity contribution in [1.29, 1.82) is 0 Å². The predicted octanol–water partition coefficient (Wildman–Crippen LogP) is 0.360. The Morgan fingerprint density at radius 2 is 1.94 bits per heavy atom. The summed E-state index contributed by atoms with van der Waals surface area (Å²) in [7, 11) is 2.85. The van der Waals surface area contributed by atoms with E-state index in [1.807, 2.05) is 30.3 Å². The summed E-state index contributed by atoms with van der Waals surface area (Å²) in [5.41, 5.74) is 6.49. The zero-order chi connectivity index (χ0) is 13.5. The highest BCUT2D eigenvalue weighted by Gasteiger charge is 2.23. The molecule has 18 heavy (non-hydrogen) atoms. The topological polar surface area (TPSA) is 72.6 Å². The minimum Gasteiger partial charge on any atom is -0.468 e. The lowest BCUT2D eigenvalue weighted by molar-refractivity contribution is -0.146. The summed E-state index contributed by atoms with van der Waals surface area (Å²) in [5.74, 6) is -1.07. The highest BCUT2D eigenvalue weighted by molar-refractivity contribution is 5.87. The van der Waals surface area contributed by atoms with Crippen molar-refractivity contribution in [2.45, 2.75) is 5.92 Å². The molecule has 1 unspecified atom stereocenters. The number of nitrogens with zero attached hydrogens (tertiary/aromatic N) is 1. The molecular formula is C13H18N2O3. The average molecular weight is 250 g/mol. The molecule has 5 heteroatoms. The van der Waals surface area contributed by atoms with Crippen LogP contribution in [0.1, 0.15) is 11.5 Å². The Bertz CT molecular complexity index is 406. The van der Waals surface area contributed by atoms with Gasteiger partial charge in [0.15, 0.2) is 0 Å². The Balaban J connectivity index is 2.77. The van der Waals surface area contributed by atoms with Gasteiger partial charge in [0.05, 0.1) is 13.0 Å². The number of rotatable bonds is 5. The second-order valence-corrected chi connectivity index (χ2v) is 3.97. The quantitative estimate of drug-likeness (QED) is 0.766. The number of methoxy groups -OCH3 is 1. The molecule has 0 saturated heterocycles. The van der Waals surface area contributed by atoms with E-state index in [0.717, 1.165) is 5.56 Å². The molecule has 0 fully saturated rings. The first kappa shape index (κ1) is 14.2. The Morgan fingerprint density at radius 3 is 2.44 bits per heavy atom. The molecule has 5 nitrogen and oxygen atoms in total. The van der Waals surface area contributed by atoms with Gasteiger partial charge in [-0.3, -0.25) is 9.59 Å². The first-order valence-corrected chi connectivity index (χ1v) is 5.67. The van der Waals surface area contributed by atoms with Crippen LogP contribution >= 0.6 is 0 Å². The average Bonchev–Trinajstić information content (AvgIpc) is 2.40. The fraction of sp³-hybridized carbons (Fsp3) is 0.385. The van der Waals surface area contributed by atoms with Crippen LogP contribution in [0.15, 0.2) is 30.3 Å². The third-order valence-corrected chi connectivity index (χ3v) is 2.71. The normalized spacial score (nSPS) is 11.7. The van der Waals surface area contributed by atoms with Crippen molar-refractivity contribution < 1.29 is 14.3 Å². The molecule has 0 aliphatic rings. The number of esters is 1. The third kappa shape index (κ3) is 3.56. The highest BCUT2D eigenvalue weighted by atomic mass is 16.5. The molecule has 0 spiro atoms. The number of hydrogen-bond donors (Lipinski definition) is 1. The van der Waals surface area contributed by atoms with Crippen LogP contribution in [0.3, 0.4) is 0 Å². The van der Waals surface area contributed by atoms with Gasteiger partial charge in [0, 0.05) is 13.6 Å². The van der Waals surface area contributed by atoms with E-state index in [1.165, 1.54) is 12.0 Å². The Morgan fingerprint density at radius 1 is 1.33 bits per heavy atom. The monoisotopic (exact) mass is 250 g/mol. The van der Waals surface area contributed by atoms with Crippen molar-refractivity contribution in [1.82, 2.24) is 4.90 Å². The van der Waals surface area contributed by atoms with Gasteiger partial charge in [-0.15, -0.1) is 0 Å². The minimum atomic E-state index is -0.449. The van der Waals surface area contributed by atoms with Crippen LogP contribution in [0.2, 0.25) is 0 Å². The van der Waals surface area contributed by atoms with E-state index in [-0.39, 0.29) is 19.0 Å². The Hall–Kier alpha value is -1.88. The molecule has 1 atom stereocenters. The number of hydrogen-bond acceptors (Lipinski definition) is 4. The van der Waals surface area contributed by atoms with E-state index in [4.69, 9.17) is 5.73 Å². The summed E-state index contributed by atoms with van der Waals surface area (Å²) in [6, 6.07) is 9.28. The maximum absolute atomic E-state index is 12.2. The largest absolute Gasteiger partial charge is 0.468 e. The van der Waals surface area contributed by atoms with Crippen LogP contribution in [-0.2, 0) is 14.3 Å². The molecule has 1 amide bonds. The molecule has 0 aliphatic heterocycles. The number of carbonyl (C=O) groups excluding carboxylic acids is 2. The first-order valence-electron chi connectivity index (χ1n) is 5.67. The van der Waals surface area contributed by atoms with Crippen LogP contribution in [0.5, 0.6) is 0 Å². The summed E-state index contributed by atoms with van der Waals surface area (Å²) in [5, 5.41) is 0. The van der Waals surface area contributed by atoms with Crippen molar-refractivity contribution in [2.24, 2.45) is 5.73 Å². The fourth-order valence-corrected chi connectivity index (χ4v) is 1.67. The highest BCUT2D eigenvalue weighted by Crippen LogP contribution is 2.16. The lowest BCUT2D eigenvalue weighted by Gasteiger charge is -2.22. The summed E-state index contributed by atoms with van der Waals surface area (Å²) in [4.78, 5) is 24.6. The van der Waals surface area contributed by atoms with Crippen molar-refractivity contribution in [3.8, 4) is 0 Å². The van der Waals surface area contributed by atoms with E-state index in [1.54, 1.807) is 7.05 Å². The second-order valence-electron chi connectivity index (χ2n) is 3.97. The molecule has 0 aromatic heterocycles. The van der Waals surface area contributed by atoms with Crippen LogP contribution in [0.4, 0.5) is 0 Å². The number of ether oxygens (including phenoxy) is 1. The van der Waals surface area contributed by atoms with Gasteiger partial charge in [-0.2, -0.15) is 0 Å². The van der Waals surface area contributed by atoms with Crippen LogP contribution in [-0.4, -0.2) is 44.0 Å². The maximum Gasteiger partial charge on any atom is 0.325 e. The van der Waals surface area contributed by atoms with Gasteiger partial charge < -0.3 is 15.4 Å². The summed E-state index contributed by atoms with van der Waals surface area (Å²) >= 11 is 0. The third-order valence-electron chi connectivity index (χ3n) is 2.71. The number of nitrogens with two attached hydrogens (primary N) is 1. The van der Waals surface area contributed by atoms with Crippen molar-refractivity contribution in [3.05, 3.63) is 35.9 Å². The molecule has 0 saturated carbocycles. The van der Waals surface area contributed by atoms with Crippen molar-refractivity contribution >= 4 is 11.9 Å². The fourth-order valence-electron chi connectivity index (χ4n) is 1.67. The lowest BCUT2D eigenvalue weighted by atomic mass is 9.98. The van der Waals surface area contributed by atoms with Crippen LogP contribution < -0.4 is 5.73 Å². The van der Waals surface area contributed by atoms with Crippen LogP contribution in [0.25, 0.3) is 0 Å². The smallest absolute Gasteiger partial charge is 0.325 e. The lowest BCUT2D eigenvalue weighted by Crippen LogP contribution is -2.38. The van der Waals surface area contributed by atoms with Crippen molar-refractivity contribution in [2.75, 3.05) is 27.2 Å². The Kier molecular flexibility index (Phi) is 5.32. The zero-order valence-corrected chi connectivity index (χ0v) is 10.6. The number of benzene rings is 1. The Labute approximate surface area is 107 Å². The van der Waals surface area contributed by atoms with Crippen LogP contribution in [0, 0.1) is 0 Å². The van der Waals surface area contributed by atoms with Gasteiger partial charge >= 0.3 is 5.97 Å². The minimum absolute atomic E-state index is 0.0708. The van der Waals surface area contributed by atoms with E-state index in [0.29, 0.717) is 0 Å². The van der Waals surface area contributed by atoms with E-state index < -0.39 is 11.9 Å². The predicted molar refractivity (Wildman–Crippen MR) is 67.9 cm³/mol. The van der Waals surface area contributed by atoms with Crippen molar-refractivity contribution in [3.63, 3.8) is 0 Å². The number of carbonyl (C=O) groups is 2. The summed E-state index contributed by atoms with van der Waals surface area (Å²) in [6.07, 6.45) is 0. The van der Waals surface area contributed by atoms with Gasteiger partial charge in [-0.05, 0) is 5.56 Å². The second kappa shape index (κ2) is 6.76. The molecule has 1 rings (SSSR count). The summed E-state index contributed by atoms with van der Waals surface area (Å²) in [6.45, 7) is 0.132. The molecule has 2 N–H and O–H groups in total. The van der Waals surface area contributed by atoms with Gasteiger partial charge in [0.25, 0.3) is 0 Å². The molecule has 0 aliphatic carbocycles. The standard InChI is InChI=1S/C13H18N2O3/c1-15(9-12(16)18-2)13(17)11(8-14)10-6-4-3-5-7-10/h3-7,11H,8-9,14H2,1-2H3. The number of amides is 1. The molecule has 0 bridgehead atoms. The molecule has 1 aromatic carbocycles. The van der Waals surface area contributed by atoms with Gasteiger partial charge in [0.1, 0.15) is 6.54 Å². The van der Waals surface area contributed by atoms with E-state index in [9.17, 15) is 9.59 Å². The maximum atomic E-state index is 12.2. The SMILES string of the molecule is COC(=O)CN(C)C(=O)C(CN)c1ccccc1. The van der Waals surface area contributed by atoms with Gasteiger partial charge in [-0.1, -0.05) is 30.3 Å². The van der Waals surface area contributed by atoms with E-state index in [2.05, 4.69) is 4.74 Å². The van der Waals surface area contributed by atoms with Gasteiger partial charge in [0.2, 0.25) is 5.91 Å². The molecule has 0 radical (unpaired) electrons. The zero-order valence-electron chi connectivity index (χ0n) is 10.6. The first-order chi connectivity index (χ1) is 8.60. The molecule has 1 aromatic rings. The molecule has 98 valence electrons. The molecular weight excluding hydrogens is 232 g/mol. The van der Waals surface area contributed by atoms with E-state index >= 15 is 0 Å². The molecule has 0 heterocycles. The summed E-state index contributed by atoms with van der Waals surface area (Å²) < 4.78 is 4.53.